The highest BCUT2D eigenvalue weighted by atomic mass is 16.3. The normalized spacial score (nSPS) is 20.4. The predicted octanol–water partition coefficient (Wildman–Crippen LogP) is 3.99. The quantitative estimate of drug-likeness (QED) is 0.150. The number of nitrogens with one attached hydrogen (secondary N) is 2. The molecule has 0 radical (unpaired) electrons. The summed E-state index contributed by atoms with van der Waals surface area (Å²) in [4.78, 5) is 18.3. The average Bonchev–Trinajstić information content (AvgIpc) is 3.63. The summed E-state index contributed by atoms with van der Waals surface area (Å²) in [5.74, 6) is 0.739. The molecule has 4 atom stereocenters. The lowest BCUT2D eigenvalue weighted by Crippen LogP contribution is -2.50. The molecule has 11 heteroatoms. The zero-order valence-electron chi connectivity index (χ0n) is 25.1. The van der Waals surface area contributed by atoms with Gasteiger partial charge < -0.3 is 31.5 Å². The number of rotatable bonds is 8. The lowest BCUT2D eigenvalue weighted by Gasteiger charge is -2.36. The number of aromatic nitrogens is 4. The number of benzene rings is 4. The number of urea groups is 1. The molecule has 46 heavy (non-hydrogen) atoms. The van der Waals surface area contributed by atoms with Crippen molar-refractivity contribution in [3.63, 3.8) is 0 Å². The van der Waals surface area contributed by atoms with E-state index in [-0.39, 0.29) is 19.1 Å². The van der Waals surface area contributed by atoms with E-state index in [1.165, 1.54) is 0 Å². The molecule has 8 N–H and O–H groups in total. The number of nitrogens with zero attached hydrogens (tertiary/aromatic N) is 4. The molecule has 4 unspecified atom stereocenters. The maximum Gasteiger partial charge on any atom is 0.321 e. The highest BCUT2D eigenvalue weighted by Gasteiger charge is 2.46. The topological polar surface area (TPSA) is 173 Å². The third kappa shape index (κ3) is 5.62. The van der Waals surface area contributed by atoms with Crippen molar-refractivity contribution in [1.29, 1.82) is 0 Å². The van der Waals surface area contributed by atoms with Crippen molar-refractivity contribution in [3.05, 3.63) is 119 Å². The van der Waals surface area contributed by atoms with Crippen LogP contribution in [0.1, 0.15) is 22.3 Å². The second kappa shape index (κ2) is 12.2. The van der Waals surface area contributed by atoms with Crippen molar-refractivity contribution in [2.45, 2.75) is 50.2 Å². The van der Waals surface area contributed by atoms with Crippen molar-refractivity contribution >= 4 is 39.5 Å². The van der Waals surface area contributed by atoms with E-state index < -0.39 is 24.3 Å². The minimum atomic E-state index is -1.24. The van der Waals surface area contributed by atoms with Crippen molar-refractivity contribution in [2.24, 2.45) is 0 Å². The predicted molar refractivity (Wildman–Crippen MR) is 177 cm³/mol. The van der Waals surface area contributed by atoms with Crippen LogP contribution in [0.25, 0.3) is 21.8 Å². The van der Waals surface area contributed by atoms with Crippen LogP contribution in [0.5, 0.6) is 0 Å². The Morgan fingerprint density at radius 3 is 1.43 bits per heavy atom. The lowest BCUT2D eigenvalue weighted by molar-refractivity contribution is -0.0408. The summed E-state index contributed by atoms with van der Waals surface area (Å²) in [6, 6.07) is 29.1. The summed E-state index contributed by atoms with van der Waals surface area (Å²) in [7, 11) is 0. The average molecular weight is 617 g/mol. The van der Waals surface area contributed by atoms with Crippen LogP contribution in [-0.2, 0) is 25.9 Å². The Kier molecular flexibility index (Phi) is 7.77. The maximum atomic E-state index is 15.0. The van der Waals surface area contributed by atoms with Crippen molar-refractivity contribution in [3.8, 4) is 0 Å². The van der Waals surface area contributed by atoms with E-state index >= 15 is 0 Å². The SMILES string of the molecule is Nc1n[nH]c2ccc(CN3C(=O)N(Cc4ccc5[nH]nc(N)c5c4)C(Cc4ccccc4)C(O)C(O)C3Cc3ccccc3)cc12. The van der Waals surface area contributed by atoms with Crippen LogP contribution in [0, 0.1) is 0 Å². The van der Waals surface area contributed by atoms with E-state index in [4.69, 9.17) is 11.5 Å². The zero-order valence-corrected chi connectivity index (χ0v) is 25.1. The van der Waals surface area contributed by atoms with Gasteiger partial charge in [-0.15, -0.1) is 0 Å². The monoisotopic (exact) mass is 616 g/mol. The van der Waals surface area contributed by atoms with Crippen molar-refractivity contribution < 1.29 is 15.0 Å². The molecule has 1 aliphatic heterocycles. The molecule has 2 aromatic heterocycles. The second-order valence-corrected chi connectivity index (χ2v) is 12.0. The number of hydrogen-bond donors (Lipinski definition) is 6. The van der Waals surface area contributed by atoms with Crippen molar-refractivity contribution in [2.75, 3.05) is 11.5 Å². The molecular formula is C35H36N8O3. The fraction of sp³-hybridized carbons (Fsp3) is 0.229. The van der Waals surface area contributed by atoms with Gasteiger partial charge in [0.1, 0.15) is 12.2 Å². The van der Waals surface area contributed by atoms with Gasteiger partial charge in [-0.2, -0.15) is 10.2 Å². The fourth-order valence-corrected chi connectivity index (χ4v) is 6.57. The minimum Gasteiger partial charge on any atom is -0.388 e. The van der Waals surface area contributed by atoms with Crippen LogP contribution in [0.2, 0.25) is 0 Å². The standard InChI is InChI=1S/C35H36N8O3/c36-33-25-15-23(11-13-27(25)38-40-33)19-42-29(17-21-7-3-1-4-8-21)31(44)32(45)30(18-22-9-5-2-6-10-22)43(35(42)46)20-24-12-14-28-26(16-24)34(37)41-39-28/h1-16,29-32,44-45H,17-20H2,(H3,36,38,40)(H3,37,39,41). The number of aliphatic hydroxyl groups is 2. The third-order valence-electron chi connectivity index (χ3n) is 9.03. The number of aromatic amines is 2. The number of carbonyl (C=O) groups excluding carboxylic acids is 1. The van der Waals surface area contributed by atoms with E-state index in [0.717, 1.165) is 44.1 Å². The number of nitrogens with two attached hydrogens (primary N) is 2. The van der Waals surface area contributed by atoms with E-state index in [1.54, 1.807) is 9.80 Å². The number of H-pyrrole nitrogens is 2. The molecule has 0 saturated carbocycles. The molecule has 2 amide bonds. The van der Waals surface area contributed by atoms with E-state index in [2.05, 4.69) is 20.4 Å². The molecule has 3 heterocycles. The summed E-state index contributed by atoms with van der Waals surface area (Å²) in [6.45, 7) is 0.367. The number of nitrogen functional groups attached to an aromatic ring is 2. The van der Waals surface area contributed by atoms with Gasteiger partial charge in [0.25, 0.3) is 0 Å². The largest absolute Gasteiger partial charge is 0.388 e. The second-order valence-electron chi connectivity index (χ2n) is 12.0. The van der Waals surface area contributed by atoms with Gasteiger partial charge in [0, 0.05) is 23.9 Å². The molecule has 0 aliphatic carbocycles. The molecule has 6 aromatic rings. The van der Waals surface area contributed by atoms with Crippen LogP contribution in [0.3, 0.4) is 0 Å². The maximum absolute atomic E-state index is 15.0. The Balaban J connectivity index is 1.33. The molecule has 1 saturated heterocycles. The van der Waals surface area contributed by atoms with Crippen LogP contribution in [0.15, 0.2) is 97.1 Å². The molecule has 7 rings (SSSR count). The van der Waals surface area contributed by atoms with Gasteiger partial charge in [-0.3, -0.25) is 10.2 Å². The molecular weight excluding hydrogens is 580 g/mol. The first-order valence-corrected chi connectivity index (χ1v) is 15.3. The first-order valence-electron chi connectivity index (χ1n) is 15.3. The number of fused-ring (bicyclic) bond motifs is 2. The fourth-order valence-electron chi connectivity index (χ4n) is 6.57. The molecule has 0 spiro atoms. The molecule has 0 bridgehead atoms. The van der Waals surface area contributed by atoms with Gasteiger partial charge >= 0.3 is 6.03 Å². The zero-order chi connectivity index (χ0) is 31.8. The Labute approximate surface area is 265 Å². The highest BCUT2D eigenvalue weighted by molar-refractivity contribution is 5.90. The molecule has 4 aromatic carbocycles. The Morgan fingerprint density at radius 1 is 0.609 bits per heavy atom. The Bertz CT molecular complexity index is 1830. The summed E-state index contributed by atoms with van der Waals surface area (Å²) >= 11 is 0. The summed E-state index contributed by atoms with van der Waals surface area (Å²) in [6.07, 6.45) is -1.77. The first-order chi connectivity index (χ1) is 22.4. The number of amides is 2. The Hall–Kier alpha value is -5.39. The number of anilines is 2. The number of aliphatic hydroxyl groups excluding tert-OH is 2. The van der Waals surface area contributed by atoms with Gasteiger partial charge in [0.2, 0.25) is 0 Å². The number of hydrogen-bond acceptors (Lipinski definition) is 7. The van der Waals surface area contributed by atoms with E-state index in [1.807, 2.05) is 97.1 Å². The highest BCUT2D eigenvalue weighted by Crippen LogP contribution is 2.31. The van der Waals surface area contributed by atoms with Crippen LogP contribution in [-0.4, -0.2) is 70.7 Å². The summed E-state index contributed by atoms with van der Waals surface area (Å²) < 4.78 is 0. The van der Waals surface area contributed by atoms with Crippen LogP contribution >= 0.6 is 0 Å². The van der Waals surface area contributed by atoms with Crippen molar-refractivity contribution in [1.82, 2.24) is 30.2 Å². The first kappa shape index (κ1) is 29.3. The molecule has 1 fully saturated rings. The molecule has 234 valence electrons. The minimum absolute atomic E-state index is 0.183. The van der Waals surface area contributed by atoms with Crippen LogP contribution in [0.4, 0.5) is 16.4 Å². The van der Waals surface area contributed by atoms with Gasteiger partial charge in [0.15, 0.2) is 11.6 Å². The summed E-state index contributed by atoms with van der Waals surface area (Å²) in [5.41, 5.74) is 17.4. The Morgan fingerprint density at radius 2 is 1.02 bits per heavy atom. The lowest BCUT2D eigenvalue weighted by atomic mass is 9.91. The van der Waals surface area contributed by atoms with E-state index in [0.29, 0.717) is 24.5 Å². The van der Waals surface area contributed by atoms with Gasteiger partial charge in [-0.1, -0.05) is 72.8 Å². The molecule has 11 nitrogen and oxygen atoms in total. The number of carbonyl (C=O) groups is 1. The van der Waals surface area contributed by atoms with Gasteiger partial charge in [0.05, 0.1) is 23.1 Å². The van der Waals surface area contributed by atoms with Gasteiger partial charge in [-0.25, -0.2) is 4.79 Å². The van der Waals surface area contributed by atoms with E-state index in [9.17, 15) is 15.0 Å². The third-order valence-corrected chi connectivity index (χ3v) is 9.03. The smallest absolute Gasteiger partial charge is 0.321 e. The van der Waals surface area contributed by atoms with Crippen LogP contribution < -0.4 is 11.5 Å². The molecule has 1 aliphatic rings. The summed E-state index contributed by atoms with van der Waals surface area (Å²) in [5, 5.41) is 39.5. The van der Waals surface area contributed by atoms with Gasteiger partial charge in [-0.05, 0) is 59.4 Å².